The number of rotatable bonds is 3. The third-order valence-electron chi connectivity index (χ3n) is 4.35. The van der Waals surface area contributed by atoms with Crippen LogP contribution in [0.1, 0.15) is 36.5 Å². The van der Waals surface area contributed by atoms with Crippen LogP contribution >= 0.6 is 0 Å². The van der Waals surface area contributed by atoms with Gasteiger partial charge in [0.05, 0.1) is 0 Å². The Hall–Kier alpha value is -0.860. The molecule has 0 spiro atoms. The summed E-state index contributed by atoms with van der Waals surface area (Å²) in [6.45, 7) is 9.75. The molecule has 1 heterocycles. The maximum Gasteiger partial charge on any atom is 0.0247 e. The summed E-state index contributed by atoms with van der Waals surface area (Å²) < 4.78 is 0. The first-order valence-electron chi connectivity index (χ1n) is 7.12. The number of benzene rings is 1. The Kier molecular flexibility index (Phi) is 4.41. The number of nitrogens with zero attached hydrogens (tertiary/aromatic N) is 1. The molecule has 1 aromatic rings. The highest BCUT2D eigenvalue weighted by Crippen LogP contribution is 2.25. The van der Waals surface area contributed by atoms with Crippen LogP contribution in [0.3, 0.4) is 0 Å². The molecule has 1 aromatic carbocycles. The molecule has 2 heteroatoms. The van der Waals surface area contributed by atoms with Gasteiger partial charge in [-0.3, -0.25) is 4.90 Å². The predicted molar refractivity (Wildman–Crippen MR) is 77.6 cm³/mol. The summed E-state index contributed by atoms with van der Waals surface area (Å²) in [6.07, 6.45) is 2.63. The lowest BCUT2D eigenvalue weighted by molar-refractivity contribution is 0.0989. The predicted octanol–water partition coefficient (Wildman–Crippen LogP) is 2.86. The molecule has 1 saturated heterocycles. The Morgan fingerprint density at radius 3 is 2.83 bits per heavy atom. The minimum absolute atomic E-state index is 0.554. The lowest BCUT2D eigenvalue weighted by Crippen LogP contribution is -2.48. The van der Waals surface area contributed by atoms with E-state index in [9.17, 15) is 0 Å². The van der Waals surface area contributed by atoms with Crippen LogP contribution < -0.4 is 5.73 Å². The third kappa shape index (κ3) is 2.93. The van der Waals surface area contributed by atoms with Crippen molar-refractivity contribution in [2.75, 3.05) is 13.1 Å². The van der Waals surface area contributed by atoms with Gasteiger partial charge in [-0.25, -0.2) is 0 Å². The van der Waals surface area contributed by atoms with Gasteiger partial charge in [0, 0.05) is 19.1 Å². The second kappa shape index (κ2) is 5.85. The van der Waals surface area contributed by atoms with Crippen LogP contribution in [0.15, 0.2) is 18.2 Å². The molecular formula is C16H26N2. The van der Waals surface area contributed by atoms with Gasteiger partial charge in [0.25, 0.3) is 0 Å². The lowest BCUT2D eigenvalue weighted by atomic mass is 9.90. The minimum Gasteiger partial charge on any atom is -0.329 e. The van der Waals surface area contributed by atoms with Crippen molar-refractivity contribution in [3.8, 4) is 0 Å². The summed E-state index contributed by atoms with van der Waals surface area (Å²) in [5, 5.41) is 0. The number of nitrogens with two attached hydrogens (primary N) is 1. The van der Waals surface area contributed by atoms with Gasteiger partial charge in [0.1, 0.15) is 0 Å². The van der Waals surface area contributed by atoms with Crippen molar-refractivity contribution in [1.29, 1.82) is 0 Å². The van der Waals surface area contributed by atoms with Crippen molar-refractivity contribution in [2.24, 2.45) is 11.7 Å². The van der Waals surface area contributed by atoms with Crippen LogP contribution in [0.2, 0.25) is 0 Å². The molecule has 2 N–H and O–H groups in total. The first kappa shape index (κ1) is 13.6. The van der Waals surface area contributed by atoms with Gasteiger partial charge in [-0.1, -0.05) is 30.7 Å². The van der Waals surface area contributed by atoms with Gasteiger partial charge < -0.3 is 5.73 Å². The number of likely N-dealkylation sites (tertiary alicyclic amines) is 1. The van der Waals surface area contributed by atoms with E-state index in [1.54, 1.807) is 0 Å². The van der Waals surface area contributed by atoms with Crippen LogP contribution in [0.5, 0.6) is 0 Å². The molecule has 0 saturated carbocycles. The molecule has 1 aliphatic rings. The molecular weight excluding hydrogens is 220 g/mol. The maximum atomic E-state index is 5.96. The third-order valence-corrected chi connectivity index (χ3v) is 4.35. The Balaban J connectivity index is 2.14. The van der Waals surface area contributed by atoms with Crippen molar-refractivity contribution >= 4 is 0 Å². The Morgan fingerprint density at radius 2 is 2.11 bits per heavy atom. The highest BCUT2D eigenvalue weighted by Gasteiger charge is 2.27. The molecule has 1 fully saturated rings. The zero-order valence-electron chi connectivity index (χ0n) is 11.9. The highest BCUT2D eigenvalue weighted by atomic mass is 15.2. The smallest absolute Gasteiger partial charge is 0.0247 e. The molecule has 2 unspecified atom stereocenters. The van der Waals surface area contributed by atoms with E-state index in [-0.39, 0.29) is 0 Å². The first-order valence-corrected chi connectivity index (χ1v) is 7.12. The van der Waals surface area contributed by atoms with Crippen LogP contribution in [0.25, 0.3) is 0 Å². The summed E-state index contributed by atoms with van der Waals surface area (Å²) in [5.74, 6) is 0.730. The fourth-order valence-corrected chi connectivity index (χ4v) is 3.10. The second-order valence-electron chi connectivity index (χ2n) is 5.82. The Bertz CT molecular complexity index is 400. The van der Waals surface area contributed by atoms with E-state index in [1.165, 1.54) is 36.1 Å². The zero-order valence-corrected chi connectivity index (χ0v) is 11.9. The SMILES string of the molecule is Cc1ccc(C)c(CN2CCCC(C)C2CN)c1. The van der Waals surface area contributed by atoms with E-state index in [0.29, 0.717) is 6.04 Å². The van der Waals surface area contributed by atoms with Crippen molar-refractivity contribution in [2.45, 2.75) is 46.2 Å². The average Bonchev–Trinajstić information content (AvgIpc) is 2.34. The fourth-order valence-electron chi connectivity index (χ4n) is 3.10. The second-order valence-corrected chi connectivity index (χ2v) is 5.82. The molecule has 2 rings (SSSR count). The molecule has 0 bridgehead atoms. The molecule has 2 nitrogen and oxygen atoms in total. The van der Waals surface area contributed by atoms with Crippen LogP contribution in [0, 0.1) is 19.8 Å². The zero-order chi connectivity index (χ0) is 13.1. The van der Waals surface area contributed by atoms with E-state index >= 15 is 0 Å². The fraction of sp³-hybridized carbons (Fsp3) is 0.625. The molecule has 2 atom stereocenters. The topological polar surface area (TPSA) is 29.3 Å². The molecule has 18 heavy (non-hydrogen) atoms. The Labute approximate surface area is 111 Å². The molecule has 0 aliphatic carbocycles. The summed E-state index contributed by atoms with van der Waals surface area (Å²) >= 11 is 0. The van der Waals surface area contributed by atoms with Crippen LogP contribution in [-0.4, -0.2) is 24.0 Å². The standard InChI is InChI=1S/C16H26N2/c1-12-6-7-13(2)15(9-12)11-18-8-4-5-14(3)16(18)10-17/h6-7,9,14,16H,4-5,8,10-11,17H2,1-3H3. The van der Waals surface area contributed by atoms with E-state index in [0.717, 1.165) is 19.0 Å². The largest absolute Gasteiger partial charge is 0.329 e. The van der Waals surface area contributed by atoms with E-state index < -0.39 is 0 Å². The van der Waals surface area contributed by atoms with Gasteiger partial charge in [0.15, 0.2) is 0 Å². The molecule has 1 aliphatic heterocycles. The Morgan fingerprint density at radius 1 is 1.33 bits per heavy atom. The summed E-state index contributed by atoms with van der Waals surface area (Å²) in [7, 11) is 0. The maximum absolute atomic E-state index is 5.96. The van der Waals surface area contributed by atoms with Crippen LogP contribution in [-0.2, 0) is 6.54 Å². The van der Waals surface area contributed by atoms with E-state index in [1.807, 2.05) is 0 Å². The van der Waals surface area contributed by atoms with Gasteiger partial charge in [-0.15, -0.1) is 0 Å². The molecule has 0 amide bonds. The molecule has 0 aromatic heterocycles. The minimum atomic E-state index is 0.554. The van der Waals surface area contributed by atoms with E-state index in [2.05, 4.69) is 43.9 Å². The van der Waals surface area contributed by atoms with Gasteiger partial charge in [-0.05, 0) is 50.3 Å². The quantitative estimate of drug-likeness (QED) is 0.888. The monoisotopic (exact) mass is 246 g/mol. The number of hydrogen-bond donors (Lipinski definition) is 1. The average molecular weight is 246 g/mol. The van der Waals surface area contributed by atoms with E-state index in [4.69, 9.17) is 5.73 Å². The van der Waals surface area contributed by atoms with Crippen molar-refractivity contribution in [1.82, 2.24) is 4.90 Å². The van der Waals surface area contributed by atoms with Crippen molar-refractivity contribution in [3.05, 3.63) is 34.9 Å². The normalized spacial score (nSPS) is 25.3. The number of aryl methyl sites for hydroxylation is 2. The van der Waals surface area contributed by atoms with Gasteiger partial charge in [0.2, 0.25) is 0 Å². The summed E-state index contributed by atoms with van der Waals surface area (Å²) in [6, 6.07) is 7.30. The van der Waals surface area contributed by atoms with Crippen LogP contribution in [0.4, 0.5) is 0 Å². The van der Waals surface area contributed by atoms with Crippen molar-refractivity contribution in [3.63, 3.8) is 0 Å². The molecule has 100 valence electrons. The lowest BCUT2D eigenvalue weighted by Gasteiger charge is -2.39. The first-order chi connectivity index (χ1) is 8.61. The van der Waals surface area contributed by atoms with Gasteiger partial charge in [-0.2, -0.15) is 0 Å². The van der Waals surface area contributed by atoms with Gasteiger partial charge >= 0.3 is 0 Å². The van der Waals surface area contributed by atoms with Crippen molar-refractivity contribution < 1.29 is 0 Å². The molecule has 0 radical (unpaired) electrons. The number of piperidine rings is 1. The summed E-state index contributed by atoms with van der Waals surface area (Å²) in [5.41, 5.74) is 10.2. The highest BCUT2D eigenvalue weighted by molar-refractivity contribution is 5.30. The number of hydrogen-bond acceptors (Lipinski definition) is 2. The summed E-state index contributed by atoms with van der Waals surface area (Å²) in [4.78, 5) is 2.58.